The number of hydrogen-bond acceptors (Lipinski definition) is 5. The van der Waals surface area contributed by atoms with Crippen LogP contribution in [-0.2, 0) is 11.3 Å². The highest BCUT2D eigenvalue weighted by Gasteiger charge is 2.21. The maximum atomic E-state index is 13.0. The van der Waals surface area contributed by atoms with E-state index in [1.807, 2.05) is 11.5 Å². The molecule has 0 aliphatic rings. The van der Waals surface area contributed by atoms with Crippen molar-refractivity contribution in [3.8, 4) is 0 Å². The summed E-state index contributed by atoms with van der Waals surface area (Å²) in [5.74, 6) is -0.243. The van der Waals surface area contributed by atoms with Crippen molar-refractivity contribution >= 4 is 40.9 Å². The van der Waals surface area contributed by atoms with Crippen molar-refractivity contribution in [1.29, 1.82) is 0 Å². The van der Waals surface area contributed by atoms with Crippen molar-refractivity contribution in [3.63, 3.8) is 0 Å². The molecule has 0 radical (unpaired) electrons. The van der Waals surface area contributed by atoms with E-state index >= 15 is 0 Å². The van der Waals surface area contributed by atoms with Crippen LogP contribution in [0, 0.1) is 5.82 Å². The van der Waals surface area contributed by atoms with E-state index in [2.05, 4.69) is 20.8 Å². The Bertz CT molecular complexity index is 1070. The van der Waals surface area contributed by atoms with Gasteiger partial charge in [0.05, 0.1) is 22.4 Å². The molecule has 3 rings (SSSR count). The Balaban J connectivity index is 1.63. The van der Waals surface area contributed by atoms with Gasteiger partial charge in [-0.15, -0.1) is 10.2 Å². The van der Waals surface area contributed by atoms with Gasteiger partial charge in [-0.25, -0.2) is 4.39 Å². The first-order valence-electron chi connectivity index (χ1n) is 9.55. The number of nitrogens with zero attached hydrogens (tertiary/aromatic N) is 3. The minimum Gasteiger partial charge on any atom is -0.342 e. The number of carbonyl (C=O) groups is 2. The van der Waals surface area contributed by atoms with E-state index in [1.54, 1.807) is 31.2 Å². The molecule has 162 valence electrons. The van der Waals surface area contributed by atoms with Crippen LogP contribution in [0.1, 0.15) is 36.1 Å². The summed E-state index contributed by atoms with van der Waals surface area (Å²) in [6.07, 6.45) is 0. The Morgan fingerprint density at radius 3 is 2.55 bits per heavy atom. The smallest absolute Gasteiger partial charge is 0.253 e. The van der Waals surface area contributed by atoms with Gasteiger partial charge in [-0.2, -0.15) is 0 Å². The van der Waals surface area contributed by atoms with Crippen molar-refractivity contribution in [2.24, 2.45) is 0 Å². The summed E-state index contributed by atoms with van der Waals surface area (Å²) >= 11 is 7.32. The second-order valence-corrected chi connectivity index (χ2v) is 7.95. The fraction of sp³-hybridized carbons (Fsp3) is 0.238. The number of nitrogens with one attached hydrogen (secondary N) is 2. The number of halogens is 2. The van der Waals surface area contributed by atoms with Gasteiger partial charge in [0.15, 0.2) is 11.0 Å². The maximum Gasteiger partial charge on any atom is 0.253 e. The predicted octanol–water partition coefficient (Wildman–Crippen LogP) is 4.31. The average Bonchev–Trinajstić information content (AvgIpc) is 3.17. The lowest BCUT2D eigenvalue weighted by molar-refractivity contribution is -0.113. The summed E-state index contributed by atoms with van der Waals surface area (Å²) in [4.78, 5) is 24.7. The molecule has 0 saturated heterocycles. The van der Waals surface area contributed by atoms with Crippen molar-refractivity contribution in [1.82, 2.24) is 20.1 Å². The van der Waals surface area contributed by atoms with Crippen LogP contribution >= 0.6 is 23.4 Å². The van der Waals surface area contributed by atoms with Gasteiger partial charge in [0, 0.05) is 12.2 Å². The summed E-state index contributed by atoms with van der Waals surface area (Å²) in [7, 11) is 0. The quantitative estimate of drug-likeness (QED) is 0.488. The highest BCUT2D eigenvalue weighted by atomic mass is 35.5. The van der Waals surface area contributed by atoms with Crippen molar-refractivity contribution < 1.29 is 14.0 Å². The zero-order chi connectivity index (χ0) is 22.4. The zero-order valence-corrected chi connectivity index (χ0v) is 18.5. The number of anilines is 1. The Kier molecular flexibility index (Phi) is 7.64. The number of amides is 2. The minimum absolute atomic E-state index is 0.107. The SMILES string of the molecule is CCn1c(SCC(=O)Nc2ccc(F)cc2)nnc1[C@@H](C)NC(=O)c1ccccc1Cl. The monoisotopic (exact) mass is 461 g/mol. The van der Waals surface area contributed by atoms with E-state index in [0.29, 0.717) is 33.8 Å². The first-order valence-corrected chi connectivity index (χ1v) is 10.9. The summed E-state index contributed by atoms with van der Waals surface area (Å²) < 4.78 is 14.8. The van der Waals surface area contributed by atoms with E-state index in [-0.39, 0.29) is 23.4 Å². The molecule has 0 saturated carbocycles. The van der Waals surface area contributed by atoms with Crippen LogP contribution in [0.5, 0.6) is 0 Å². The molecule has 2 amide bonds. The summed E-state index contributed by atoms with van der Waals surface area (Å²) in [5.41, 5.74) is 0.895. The molecule has 2 N–H and O–H groups in total. The molecule has 0 bridgehead atoms. The number of thioether (sulfide) groups is 1. The number of rotatable bonds is 8. The predicted molar refractivity (Wildman–Crippen MR) is 119 cm³/mol. The second-order valence-electron chi connectivity index (χ2n) is 6.60. The Morgan fingerprint density at radius 1 is 1.16 bits per heavy atom. The van der Waals surface area contributed by atoms with Crippen LogP contribution in [-0.4, -0.2) is 32.3 Å². The van der Waals surface area contributed by atoms with E-state index in [9.17, 15) is 14.0 Å². The van der Waals surface area contributed by atoms with E-state index < -0.39 is 6.04 Å². The Morgan fingerprint density at radius 2 is 1.87 bits per heavy atom. The molecule has 3 aromatic rings. The number of benzene rings is 2. The fourth-order valence-electron chi connectivity index (χ4n) is 2.87. The lowest BCUT2D eigenvalue weighted by atomic mass is 10.2. The van der Waals surface area contributed by atoms with Gasteiger partial charge < -0.3 is 15.2 Å². The van der Waals surface area contributed by atoms with E-state index in [1.165, 1.54) is 36.0 Å². The molecule has 1 aromatic heterocycles. The fourth-order valence-corrected chi connectivity index (χ4v) is 3.90. The van der Waals surface area contributed by atoms with Gasteiger partial charge in [0.1, 0.15) is 5.82 Å². The van der Waals surface area contributed by atoms with Crippen LogP contribution in [0.2, 0.25) is 5.02 Å². The van der Waals surface area contributed by atoms with Crippen LogP contribution < -0.4 is 10.6 Å². The summed E-state index contributed by atoms with van der Waals surface area (Å²) in [6, 6.07) is 11.9. The molecule has 1 atom stereocenters. The third-order valence-corrected chi connectivity index (χ3v) is 5.67. The largest absolute Gasteiger partial charge is 0.342 e. The number of aromatic nitrogens is 3. The molecule has 10 heteroatoms. The van der Waals surface area contributed by atoms with E-state index in [0.717, 1.165) is 0 Å². The van der Waals surface area contributed by atoms with Gasteiger partial charge in [0.25, 0.3) is 5.91 Å². The van der Waals surface area contributed by atoms with Crippen LogP contribution in [0.25, 0.3) is 0 Å². The third-order valence-electron chi connectivity index (χ3n) is 4.38. The van der Waals surface area contributed by atoms with Gasteiger partial charge in [-0.3, -0.25) is 9.59 Å². The van der Waals surface area contributed by atoms with Gasteiger partial charge >= 0.3 is 0 Å². The maximum absolute atomic E-state index is 13.0. The molecule has 7 nitrogen and oxygen atoms in total. The topological polar surface area (TPSA) is 88.9 Å². The molecule has 0 fully saturated rings. The first-order chi connectivity index (χ1) is 14.9. The average molecular weight is 462 g/mol. The summed E-state index contributed by atoms with van der Waals surface area (Å²) in [6.45, 7) is 4.30. The molecule has 0 spiro atoms. The van der Waals surface area contributed by atoms with Crippen LogP contribution in [0.15, 0.2) is 53.7 Å². The van der Waals surface area contributed by atoms with Crippen molar-refractivity contribution in [2.75, 3.05) is 11.1 Å². The molecular weight excluding hydrogens is 441 g/mol. The second kappa shape index (κ2) is 10.4. The molecule has 2 aromatic carbocycles. The minimum atomic E-state index is -0.418. The lowest BCUT2D eigenvalue weighted by Crippen LogP contribution is -2.29. The Hall–Kier alpha value is -2.91. The van der Waals surface area contributed by atoms with Crippen molar-refractivity contribution in [2.45, 2.75) is 31.6 Å². The standard InChI is InChI=1S/C21H21ClFN5O2S/c1-3-28-19(13(2)24-20(30)16-6-4-5-7-17(16)22)26-27-21(28)31-12-18(29)25-15-10-8-14(23)9-11-15/h4-11,13H,3,12H2,1-2H3,(H,24,30)(H,25,29)/t13-/m1/s1. The molecule has 0 aliphatic heterocycles. The highest BCUT2D eigenvalue weighted by molar-refractivity contribution is 7.99. The molecule has 0 unspecified atom stereocenters. The summed E-state index contributed by atoms with van der Waals surface area (Å²) in [5, 5.41) is 14.9. The van der Waals surface area contributed by atoms with Gasteiger partial charge in [0.2, 0.25) is 5.91 Å². The Labute approximate surface area is 188 Å². The van der Waals surface area contributed by atoms with Crippen LogP contribution in [0.4, 0.5) is 10.1 Å². The van der Waals surface area contributed by atoms with Gasteiger partial charge in [-0.1, -0.05) is 35.5 Å². The number of carbonyl (C=O) groups excluding carboxylic acids is 2. The number of hydrogen-bond donors (Lipinski definition) is 2. The van der Waals surface area contributed by atoms with E-state index in [4.69, 9.17) is 11.6 Å². The molecule has 1 heterocycles. The first kappa shape index (κ1) is 22.8. The molecule has 31 heavy (non-hydrogen) atoms. The molecule has 0 aliphatic carbocycles. The zero-order valence-electron chi connectivity index (χ0n) is 16.9. The third kappa shape index (κ3) is 5.83. The lowest BCUT2D eigenvalue weighted by Gasteiger charge is -2.15. The highest BCUT2D eigenvalue weighted by Crippen LogP contribution is 2.22. The van der Waals surface area contributed by atoms with Crippen molar-refractivity contribution in [3.05, 3.63) is 70.8 Å². The normalized spacial score (nSPS) is 11.7. The molecular formula is C21H21ClFN5O2S. The van der Waals surface area contributed by atoms with Gasteiger partial charge in [-0.05, 0) is 50.2 Å². The van der Waals surface area contributed by atoms with Crippen LogP contribution in [0.3, 0.4) is 0 Å².